The number of rotatable bonds is 8. The Balaban J connectivity index is 0.00000288. The number of aryl methyl sites for hydroxylation is 1. The number of amides is 1. The molecule has 0 aliphatic carbocycles. The Hall–Kier alpha value is -1.84. The van der Waals surface area contributed by atoms with Crippen LogP contribution < -0.4 is 5.73 Å². The van der Waals surface area contributed by atoms with Gasteiger partial charge >= 0.3 is 0 Å². The van der Waals surface area contributed by atoms with Gasteiger partial charge in [0.15, 0.2) is 0 Å². The Morgan fingerprint density at radius 3 is 2.12 bits per heavy atom. The molecule has 2 aromatic carbocycles. The molecule has 0 heterocycles. The first-order valence-electron chi connectivity index (χ1n) is 8.32. The number of carbonyl (C=O) groups is 1. The van der Waals surface area contributed by atoms with E-state index in [0.29, 0.717) is 26.1 Å². The molecule has 0 bridgehead atoms. The van der Waals surface area contributed by atoms with Crippen molar-refractivity contribution in [3.63, 3.8) is 0 Å². The summed E-state index contributed by atoms with van der Waals surface area (Å²) in [6.45, 7) is 3.95. The van der Waals surface area contributed by atoms with Crippen molar-refractivity contribution in [1.29, 1.82) is 0 Å². The van der Waals surface area contributed by atoms with Crippen molar-refractivity contribution >= 4 is 18.3 Å². The van der Waals surface area contributed by atoms with Gasteiger partial charge < -0.3 is 10.6 Å². The van der Waals surface area contributed by atoms with Gasteiger partial charge in [-0.2, -0.15) is 0 Å². The Bertz CT molecular complexity index is 599. The average Bonchev–Trinajstić information content (AvgIpc) is 2.60. The smallest absolute Gasteiger partial charge is 0.227 e. The lowest BCUT2D eigenvalue weighted by Gasteiger charge is -2.22. The van der Waals surface area contributed by atoms with Crippen LogP contribution in [-0.2, 0) is 24.1 Å². The molecule has 0 saturated heterocycles. The second kappa shape index (κ2) is 10.8. The predicted molar refractivity (Wildman–Crippen MR) is 103 cm³/mol. The molecule has 0 fully saturated rings. The molecule has 24 heavy (non-hydrogen) atoms. The lowest BCUT2D eigenvalue weighted by molar-refractivity contribution is -0.130. The van der Waals surface area contributed by atoms with Gasteiger partial charge in [-0.25, -0.2) is 0 Å². The Morgan fingerprint density at radius 2 is 1.54 bits per heavy atom. The minimum Gasteiger partial charge on any atom is -0.341 e. The van der Waals surface area contributed by atoms with E-state index in [-0.39, 0.29) is 18.3 Å². The lowest BCUT2D eigenvalue weighted by Crippen LogP contribution is -2.37. The van der Waals surface area contributed by atoms with Crippen molar-refractivity contribution < 1.29 is 4.79 Å². The largest absolute Gasteiger partial charge is 0.341 e. The molecule has 2 rings (SSSR count). The summed E-state index contributed by atoms with van der Waals surface area (Å²) in [7, 11) is 0. The van der Waals surface area contributed by atoms with Crippen molar-refractivity contribution in [1.82, 2.24) is 4.90 Å². The maximum Gasteiger partial charge on any atom is 0.227 e. The van der Waals surface area contributed by atoms with Crippen molar-refractivity contribution in [3.05, 3.63) is 71.3 Å². The molecule has 0 spiro atoms. The highest BCUT2D eigenvalue weighted by Gasteiger charge is 2.13. The van der Waals surface area contributed by atoms with Gasteiger partial charge in [-0.3, -0.25) is 4.79 Å². The van der Waals surface area contributed by atoms with Crippen LogP contribution in [0.4, 0.5) is 0 Å². The first kappa shape index (κ1) is 20.2. The van der Waals surface area contributed by atoms with E-state index < -0.39 is 0 Å². The fraction of sp³-hybridized carbons (Fsp3) is 0.350. The van der Waals surface area contributed by atoms with Gasteiger partial charge in [0.1, 0.15) is 0 Å². The van der Waals surface area contributed by atoms with E-state index in [1.807, 2.05) is 23.1 Å². The molecule has 2 N–H and O–H groups in total. The van der Waals surface area contributed by atoms with E-state index in [1.165, 1.54) is 11.1 Å². The van der Waals surface area contributed by atoms with Gasteiger partial charge in [0.25, 0.3) is 0 Å². The maximum absolute atomic E-state index is 12.5. The van der Waals surface area contributed by atoms with Crippen molar-refractivity contribution in [3.8, 4) is 0 Å². The van der Waals surface area contributed by atoms with Crippen LogP contribution in [0.25, 0.3) is 0 Å². The zero-order chi connectivity index (χ0) is 16.5. The molecule has 0 saturated carbocycles. The average molecular weight is 347 g/mol. The molecule has 0 unspecified atom stereocenters. The normalized spacial score (nSPS) is 10.1. The highest BCUT2D eigenvalue weighted by atomic mass is 35.5. The summed E-state index contributed by atoms with van der Waals surface area (Å²) in [4.78, 5) is 14.4. The summed E-state index contributed by atoms with van der Waals surface area (Å²) in [5.74, 6) is 0.149. The van der Waals surface area contributed by atoms with Crippen molar-refractivity contribution in [2.24, 2.45) is 5.73 Å². The predicted octanol–water partition coefficient (Wildman–Crippen LogP) is 3.24. The Labute approximate surface area is 151 Å². The van der Waals surface area contributed by atoms with Crippen LogP contribution in [0.2, 0.25) is 0 Å². The second-order valence-electron chi connectivity index (χ2n) is 5.75. The highest BCUT2D eigenvalue weighted by Crippen LogP contribution is 2.08. The van der Waals surface area contributed by atoms with Gasteiger partial charge in [0, 0.05) is 19.6 Å². The van der Waals surface area contributed by atoms with Crippen LogP contribution in [0, 0.1) is 0 Å². The molecular formula is C20H27ClN2O. The molecule has 0 radical (unpaired) electrons. The topological polar surface area (TPSA) is 46.3 Å². The van der Waals surface area contributed by atoms with E-state index in [1.54, 1.807) is 0 Å². The quantitative estimate of drug-likeness (QED) is 0.797. The van der Waals surface area contributed by atoms with Crippen molar-refractivity contribution in [2.45, 2.75) is 26.2 Å². The molecule has 3 nitrogen and oxygen atoms in total. The summed E-state index contributed by atoms with van der Waals surface area (Å²) in [6, 6.07) is 18.5. The fourth-order valence-electron chi connectivity index (χ4n) is 2.61. The van der Waals surface area contributed by atoms with Crippen LogP contribution >= 0.6 is 12.4 Å². The highest BCUT2D eigenvalue weighted by molar-refractivity contribution is 5.85. The third-order valence-electron chi connectivity index (χ3n) is 4.05. The van der Waals surface area contributed by atoms with Crippen LogP contribution in [0.15, 0.2) is 54.6 Å². The first-order chi connectivity index (χ1) is 11.2. The zero-order valence-corrected chi connectivity index (χ0v) is 15.1. The summed E-state index contributed by atoms with van der Waals surface area (Å²) in [5, 5.41) is 0. The number of carbonyl (C=O) groups excluding carboxylic acids is 1. The number of benzene rings is 2. The lowest BCUT2D eigenvalue weighted by atomic mass is 10.1. The first-order valence-corrected chi connectivity index (χ1v) is 8.32. The fourth-order valence-corrected chi connectivity index (χ4v) is 2.61. The van der Waals surface area contributed by atoms with E-state index in [0.717, 1.165) is 18.4 Å². The molecule has 2 aromatic rings. The molecule has 1 amide bonds. The number of nitrogens with two attached hydrogens (primary N) is 1. The van der Waals surface area contributed by atoms with Crippen LogP contribution in [0.1, 0.15) is 23.6 Å². The molecule has 0 aliphatic heterocycles. The molecule has 0 atom stereocenters. The maximum atomic E-state index is 12.5. The number of nitrogens with zero attached hydrogens (tertiary/aromatic N) is 1. The number of hydrogen-bond acceptors (Lipinski definition) is 2. The minimum atomic E-state index is 0. The molecule has 0 aromatic heterocycles. The summed E-state index contributed by atoms with van der Waals surface area (Å²) in [6.07, 6.45) is 2.32. The number of halogens is 1. The third-order valence-corrected chi connectivity index (χ3v) is 4.05. The molecule has 0 aliphatic rings. The second-order valence-corrected chi connectivity index (χ2v) is 5.75. The minimum absolute atomic E-state index is 0. The monoisotopic (exact) mass is 346 g/mol. The van der Waals surface area contributed by atoms with E-state index in [4.69, 9.17) is 5.73 Å². The van der Waals surface area contributed by atoms with Crippen LogP contribution in [0.5, 0.6) is 0 Å². The molecular weight excluding hydrogens is 320 g/mol. The standard InChI is InChI=1S/C20H26N2O.ClH/c1-2-17-8-10-19(11-9-17)16-20(23)22(15-13-21)14-12-18-6-4-3-5-7-18;/h3-11H,2,12-16,21H2,1H3;1H. The van der Waals surface area contributed by atoms with Gasteiger partial charge in [-0.1, -0.05) is 61.5 Å². The summed E-state index contributed by atoms with van der Waals surface area (Å²) >= 11 is 0. The van der Waals surface area contributed by atoms with Gasteiger partial charge in [-0.15, -0.1) is 12.4 Å². The van der Waals surface area contributed by atoms with Crippen molar-refractivity contribution in [2.75, 3.05) is 19.6 Å². The molecule has 4 heteroatoms. The number of hydrogen-bond donors (Lipinski definition) is 1. The zero-order valence-electron chi connectivity index (χ0n) is 14.3. The van der Waals surface area contributed by atoms with E-state index >= 15 is 0 Å². The van der Waals surface area contributed by atoms with Crippen LogP contribution in [0.3, 0.4) is 0 Å². The summed E-state index contributed by atoms with van der Waals surface area (Å²) < 4.78 is 0. The van der Waals surface area contributed by atoms with Gasteiger partial charge in [0.05, 0.1) is 6.42 Å². The van der Waals surface area contributed by atoms with E-state index in [9.17, 15) is 4.79 Å². The Kier molecular flexibility index (Phi) is 9.13. The third kappa shape index (κ3) is 6.34. The van der Waals surface area contributed by atoms with Gasteiger partial charge in [0.2, 0.25) is 5.91 Å². The van der Waals surface area contributed by atoms with E-state index in [2.05, 4.69) is 43.3 Å². The SMILES string of the molecule is CCc1ccc(CC(=O)N(CCN)CCc2ccccc2)cc1.Cl. The van der Waals surface area contributed by atoms with Crippen LogP contribution in [-0.4, -0.2) is 30.4 Å². The molecule has 130 valence electrons. The Morgan fingerprint density at radius 1 is 0.917 bits per heavy atom. The summed E-state index contributed by atoms with van der Waals surface area (Å²) in [5.41, 5.74) is 9.28. The van der Waals surface area contributed by atoms with Gasteiger partial charge in [-0.05, 0) is 29.5 Å².